The van der Waals surface area contributed by atoms with Crippen LogP contribution in [0.25, 0.3) is 0 Å². The molecule has 4 fully saturated rings. The van der Waals surface area contributed by atoms with Crippen LogP contribution in [0.2, 0.25) is 0 Å². The molecule has 5 nitrogen and oxygen atoms in total. The van der Waals surface area contributed by atoms with Crippen molar-refractivity contribution in [1.29, 1.82) is 0 Å². The van der Waals surface area contributed by atoms with Gasteiger partial charge in [0.05, 0.1) is 12.0 Å². The van der Waals surface area contributed by atoms with Gasteiger partial charge in [-0.25, -0.2) is 4.39 Å². The second kappa shape index (κ2) is 8.29. The number of ketones is 2. The second-order valence-electron chi connectivity index (χ2n) is 11.7. The highest BCUT2D eigenvalue weighted by atomic mass is 35.5. The van der Waals surface area contributed by atoms with E-state index < -0.39 is 40.1 Å². The minimum atomic E-state index is -1.84. The smallest absolute Gasteiger partial charge is 0.306 e. The van der Waals surface area contributed by atoms with Gasteiger partial charge in [0, 0.05) is 36.0 Å². The van der Waals surface area contributed by atoms with Crippen LogP contribution >= 0.6 is 11.6 Å². The largest absolute Gasteiger partial charge is 0.450 e. The molecule has 0 radical (unpaired) electrons. The first-order chi connectivity index (χ1) is 15.4. The van der Waals surface area contributed by atoms with Crippen molar-refractivity contribution in [2.24, 2.45) is 34.5 Å². The lowest BCUT2D eigenvalue weighted by Gasteiger charge is -2.65. The molecule has 0 heterocycles. The molecular weight excluding hydrogens is 447 g/mol. The summed E-state index contributed by atoms with van der Waals surface area (Å²) in [6, 6.07) is 0. The number of fused-ring (bicyclic) bond motifs is 5. The fraction of sp³-hybridized carbons (Fsp3) is 0.885. The van der Waals surface area contributed by atoms with E-state index in [1.165, 1.54) is 0 Å². The van der Waals surface area contributed by atoms with E-state index >= 15 is 4.39 Å². The van der Waals surface area contributed by atoms with Crippen molar-refractivity contribution in [3.63, 3.8) is 0 Å². The molecule has 33 heavy (non-hydrogen) atoms. The Morgan fingerprint density at radius 3 is 2.55 bits per heavy atom. The van der Waals surface area contributed by atoms with E-state index in [-0.39, 0.29) is 48.0 Å². The average molecular weight is 485 g/mol. The Balaban J connectivity index is 1.79. The number of ether oxygens (including phenoxy) is 1. The van der Waals surface area contributed by atoms with E-state index in [0.29, 0.717) is 38.5 Å². The molecule has 9 atom stereocenters. The third-order valence-corrected chi connectivity index (χ3v) is 10.6. The number of esters is 1. The highest BCUT2D eigenvalue weighted by Gasteiger charge is 2.77. The van der Waals surface area contributed by atoms with Crippen LogP contribution in [-0.2, 0) is 19.1 Å². The fourth-order valence-electron chi connectivity index (χ4n) is 8.77. The average Bonchev–Trinajstić information content (AvgIpc) is 2.97. The maximum atomic E-state index is 17.3. The first-order valence-corrected chi connectivity index (χ1v) is 13.2. The van der Waals surface area contributed by atoms with Crippen LogP contribution in [0, 0.1) is 34.5 Å². The lowest BCUT2D eigenvalue weighted by molar-refractivity contribution is -0.257. The summed E-state index contributed by atoms with van der Waals surface area (Å²) in [6.45, 7) is 7.58. The molecule has 4 rings (SSSR count). The number of carbonyl (C=O) groups excluding carboxylic acids is 3. The summed E-state index contributed by atoms with van der Waals surface area (Å²) in [5.74, 6) is -2.00. The van der Waals surface area contributed by atoms with Gasteiger partial charge in [-0.3, -0.25) is 14.4 Å². The van der Waals surface area contributed by atoms with E-state index in [1.54, 1.807) is 0 Å². The zero-order chi connectivity index (χ0) is 24.4. The minimum Gasteiger partial charge on any atom is -0.450 e. The third kappa shape index (κ3) is 3.15. The minimum absolute atomic E-state index is 0.0350. The fourth-order valence-corrected chi connectivity index (χ4v) is 8.97. The van der Waals surface area contributed by atoms with Gasteiger partial charge in [-0.15, -0.1) is 11.6 Å². The maximum Gasteiger partial charge on any atom is 0.306 e. The number of aliphatic hydroxyl groups is 1. The molecule has 0 aromatic heterocycles. The third-order valence-electron chi connectivity index (χ3n) is 10.4. The number of carbonyl (C=O) groups is 3. The van der Waals surface area contributed by atoms with E-state index in [4.69, 9.17) is 16.3 Å². The van der Waals surface area contributed by atoms with Crippen molar-refractivity contribution >= 4 is 29.1 Å². The Labute approximate surface area is 201 Å². The number of hydrogen-bond donors (Lipinski definition) is 1. The van der Waals surface area contributed by atoms with Gasteiger partial charge in [-0.05, 0) is 56.3 Å². The SMILES string of the molecule is CCCC(=O)O[C@@]1(C(=O)CCl)[C@@H](C)C[C@H]2[C@@H]3CC[C@@H]4CC(=O)CC[C@]4(C)[C@@]3(F)[C@@H](O)C[C@@]21C. The van der Waals surface area contributed by atoms with Crippen LogP contribution in [-0.4, -0.2) is 45.9 Å². The summed E-state index contributed by atoms with van der Waals surface area (Å²) in [5, 5.41) is 11.5. The molecule has 0 unspecified atom stereocenters. The first kappa shape index (κ1) is 25.1. The van der Waals surface area contributed by atoms with E-state index in [2.05, 4.69) is 0 Å². The van der Waals surface area contributed by atoms with Crippen molar-refractivity contribution in [3.8, 4) is 0 Å². The van der Waals surface area contributed by atoms with Gasteiger partial charge in [0.25, 0.3) is 0 Å². The molecule has 1 N–H and O–H groups in total. The summed E-state index contributed by atoms with van der Waals surface area (Å²) in [5.41, 5.74) is -4.99. The van der Waals surface area contributed by atoms with E-state index in [0.717, 1.165) is 6.42 Å². The standard InChI is InChI=1S/C26H38ClFO5/c1-5-6-22(32)33-26(21(31)14-27)15(2)11-19-18-8-7-16-12-17(29)9-10-23(16,3)25(18,28)20(30)13-24(19,26)4/h15-16,18-20,30H,5-14H2,1-4H3/t15-,16+,18-,19-,20-,23-,24-,25-,26+/m0/s1. The molecular formula is C26H38ClFO5. The quantitative estimate of drug-likeness (QED) is 0.448. The predicted octanol–water partition coefficient (Wildman–Crippen LogP) is 4.80. The summed E-state index contributed by atoms with van der Waals surface area (Å²) < 4.78 is 23.4. The molecule has 4 saturated carbocycles. The van der Waals surface area contributed by atoms with Gasteiger partial charge in [0.15, 0.2) is 11.4 Å². The lowest BCUT2D eigenvalue weighted by Crippen LogP contribution is -2.71. The van der Waals surface area contributed by atoms with Gasteiger partial charge in [-0.1, -0.05) is 27.7 Å². The Morgan fingerprint density at radius 2 is 1.91 bits per heavy atom. The van der Waals surface area contributed by atoms with Gasteiger partial charge in [0.2, 0.25) is 0 Å². The molecule has 186 valence electrons. The Hall–Kier alpha value is -1.01. The van der Waals surface area contributed by atoms with Gasteiger partial charge >= 0.3 is 5.97 Å². The van der Waals surface area contributed by atoms with Gasteiger partial charge in [-0.2, -0.15) is 0 Å². The van der Waals surface area contributed by atoms with Gasteiger partial charge in [0.1, 0.15) is 11.5 Å². The predicted molar refractivity (Wildman–Crippen MR) is 122 cm³/mol. The van der Waals surface area contributed by atoms with Crippen LogP contribution in [0.15, 0.2) is 0 Å². The second-order valence-corrected chi connectivity index (χ2v) is 12.0. The van der Waals surface area contributed by atoms with Crippen molar-refractivity contribution < 1.29 is 28.6 Å². The zero-order valence-corrected chi connectivity index (χ0v) is 21.0. The number of halogens is 2. The lowest BCUT2D eigenvalue weighted by atomic mass is 9.42. The number of aliphatic hydroxyl groups excluding tert-OH is 1. The molecule has 7 heteroatoms. The van der Waals surface area contributed by atoms with Crippen LogP contribution in [0.4, 0.5) is 4.39 Å². The van der Waals surface area contributed by atoms with Crippen molar-refractivity contribution in [3.05, 3.63) is 0 Å². The zero-order valence-electron chi connectivity index (χ0n) is 20.3. The van der Waals surface area contributed by atoms with E-state index in [9.17, 15) is 19.5 Å². The summed E-state index contributed by atoms with van der Waals surface area (Å²) in [4.78, 5) is 38.2. The number of alkyl halides is 2. The normalized spacial score (nSPS) is 49.1. The van der Waals surface area contributed by atoms with Crippen LogP contribution in [0.5, 0.6) is 0 Å². The Bertz CT molecular complexity index is 849. The molecule has 0 spiro atoms. The van der Waals surface area contributed by atoms with Crippen LogP contribution in [0.3, 0.4) is 0 Å². The van der Waals surface area contributed by atoms with E-state index in [1.807, 2.05) is 27.7 Å². The first-order valence-electron chi connectivity index (χ1n) is 12.6. The monoisotopic (exact) mass is 484 g/mol. The topological polar surface area (TPSA) is 80.7 Å². The van der Waals surface area contributed by atoms with Crippen LogP contribution < -0.4 is 0 Å². The highest BCUT2D eigenvalue weighted by Crippen LogP contribution is 2.72. The number of Topliss-reactive ketones (excluding diaryl/α,β-unsaturated/α-hetero) is 2. The Morgan fingerprint density at radius 1 is 1.21 bits per heavy atom. The molecule has 0 aliphatic heterocycles. The summed E-state index contributed by atoms with van der Waals surface area (Å²) >= 11 is 6.06. The summed E-state index contributed by atoms with van der Waals surface area (Å²) in [7, 11) is 0. The van der Waals surface area contributed by atoms with Crippen LogP contribution in [0.1, 0.15) is 85.5 Å². The number of hydrogen-bond acceptors (Lipinski definition) is 5. The molecule has 4 aliphatic rings. The summed E-state index contributed by atoms with van der Waals surface area (Å²) in [6.07, 6.45) is 2.52. The van der Waals surface area contributed by atoms with Crippen molar-refractivity contribution in [2.75, 3.05) is 5.88 Å². The molecule has 4 aliphatic carbocycles. The molecule has 0 aromatic carbocycles. The Kier molecular flexibility index (Phi) is 6.30. The van der Waals surface area contributed by atoms with Gasteiger partial charge < -0.3 is 9.84 Å². The molecule has 0 amide bonds. The molecule has 0 saturated heterocycles. The number of rotatable bonds is 5. The molecule has 0 aromatic rings. The van der Waals surface area contributed by atoms with Crippen molar-refractivity contribution in [1.82, 2.24) is 0 Å². The van der Waals surface area contributed by atoms with Crippen molar-refractivity contribution in [2.45, 2.75) is 103 Å². The molecule has 0 bridgehead atoms. The highest BCUT2D eigenvalue weighted by molar-refractivity contribution is 6.29. The maximum absolute atomic E-state index is 17.3.